The van der Waals surface area contributed by atoms with Crippen molar-refractivity contribution >= 4 is 5.97 Å². The van der Waals surface area contributed by atoms with Crippen molar-refractivity contribution in [3.8, 4) is 0 Å². The maximum absolute atomic E-state index is 12.8. The summed E-state index contributed by atoms with van der Waals surface area (Å²) < 4.78 is 16.8. The summed E-state index contributed by atoms with van der Waals surface area (Å²) >= 11 is 0. The lowest BCUT2D eigenvalue weighted by atomic mass is 9.61. The fourth-order valence-electron chi connectivity index (χ4n) is 2.88. The molecular weight excluding hydrogens is 280 g/mol. The molecule has 0 radical (unpaired) electrons. The van der Waals surface area contributed by atoms with Crippen LogP contribution in [0.1, 0.15) is 68.7 Å². The van der Waals surface area contributed by atoms with E-state index in [1.165, 1.54) is 0 Å². The van der Waals surface area contributed by atoms with Gasteiger partial charge in [-0.05, 0) is 38.0 Å². The van der Waals surface area contributed by atoms with Crippen LogP contribution in [0.4, 0.5) is 0 Å². The summed E-state index contributed by atoms with van der Waals surface area (Å²) in [5, 5.41) is 0. The maximum Gasteiger partial charge on any atom is 0.312 e. The minimum atomic E-state index is -0.587. The normalized spacial score (nSPS) is 24.9. The Morgan fingerprint density at radius 1 is 1.14 bits per heavy atom. The van der Waals surface area contributed by atoms with E-state index >= 15 is 0 Å². The van der Waals surface area contributed by atoms with E-state index in [9.17, 15) is 4.79 Å². The van der Waals surface area contributed by atoms with Crippen LogP contribution in [-0.4, -0.2) is 31.1 Å². The van der Waals surface area contributed by atoms with Gasteiger partial charge in [0.15, 0.2) is 5.79 Å². The van der Waals surface area contributed by atoms with Gasteiger partial charge in [-0.15, -0.1) is 0 Å². The molecule has 1 rings (SSSR count). The number of rotatable bonds is 4. The van der Waals surface area contributed by atoms with E-state index in [4.69, 9.17) is 14.2 Å². The Labute approximate surface area is 135 Å². The van der Waals surface area contributed by atoms with Gasteiger partial charge in [-0.25, -0.2) is 0 Å². The molecule has 0 aromatic rings. The molecule has 0 bridgehead atoms. The van der Waals surface area contributed by atoms with Crippen molar-refractivity contribution in [1.29, 1.82) is 0 Å². The molecule has 130 valence electrons. The third-order valence-electron chi connectivity index (χ3n) is 4.46. The van der Waals surface area contributed by atoms with Crippen molar-refractivity contribution in [3.05, 3.63) is 0 Å². The molecule has 22 heavy (non-hydrogen) atoms. The molecule has 2 atom stereocenters. The van der Waals surface area contributed by atoms with E-state index in [0.717, 1.165) is 6.42 Å². The predicted molar refractivity (Wildman–Crippen MR) is 87.5 cm³/mol. The number of carbonyl (C=O) groups excluding carboxylic acids is 1. The van der Waals surface area contributed by atoms with Gasteiger partial charge in [0.05, 0.1) is 12.0 Å². The van der Waals surface area contributed by atoms with Gasteiger partial charge in [0.2, 0.25) is 0 Å². The number of ether oxygens (including phenoxy) is 3. The minimum Gasteiger partial charge on any atom is -0.462 e. The van der Waals surface area contributed by atoms with Crippen molar-refractivity contribution < 1.29 is 19.0 Å². The molecule has 1 fully saturated rings. The monoisotopic (exact) mass is 314 g/mol. The summed E-state index contributed by atoms with van der Waals surface area (Å²) in [5.41, 5.74) is -0.667. The van der Waals surface area contributed by atoms with Gasteiger partial charge in [-0.3, -0.25) is 4.79 Å². The highest BCUT2D eigenvalue weighted by atomic mass is 16.7. The minimum absolute atomic E-state index is 0.0516. The van der Waals surface area contributed by atoms with Gasteiger partial charge in [-0.1, -0.05) is 41.5 Å². The van der Waals surface area contributed by atoms with Crippen LogP contribution >= 0.6 is 0 Å². The lowest BCUT2D eigenvalue weighted by Crippen LogP contribution is -2.45. The number of esters is 1. The molecule has 0 saturated carbocycles. The number of hydrogen-bond acceptors (Lipinski definition) is 4. The average Bonchev–Trinajstić information content (AvgIpc) is 2.62. The first-order chi connectivity index (χ1) is 9.66. The number of carbonyl (C=O) groups is 1. The summed E-state index contributed by atoms with van der Waals surface area (Å²) in [7, 11) is 0. The Hall–Kier alpha value is -0.610. The lowest BCUT2D eigenvalue weighted by Gasteiger charge is -2.43. The molecule has 2 unspecified atom stereocenters. The zero-order valence-electron chi connectivity index (χ0n) is 15.8. The van der Waals surface area contributed by atoms with Gasteiger partial charge in [0, 0.05) is 0 Å². The lowest BCUT2D eigenvalue weighted by molar-refractivity contribution is -0.173. The zero-order valence-corrected chi connectivity index (χ0v) is 15.8. The van der Waals surface area contributed by atoms with Crippen molar-refractivity contribution in [2.75, 3.05) is 13.2 Å². The molecule has 0 spiro atoms. The van der Waals surface area contributed by atoms with Gasteiger partial charge in [-0.2, -0.15) is 0 Å². The highest BCUT2D eigenvalue weighted by molar-refractivity contribution is 5.77. The first-order valence-corrected chi connectivity index (χ1v) is 8.15. The smallest absolute Gasteiger partial charge is 0.312 e. The maximum atomic E-state index is 12.8. The summed E-state index contributed by atoms with van der Waals surface area (Å²) in [5.74, 6) is -0.737. The highest BCUT2D eigenvalue weighted by Crippen LogP contribution is 2.47. The Balaban J connectivity index is 2.73. The molecule has 0 amide bonds. The average molecular weight is 314 g/mol. The highest BCUT2D eigenvalue weighted by Gasteiger charge is 2.48. The molecule has 0 aromatic carbocycles. The summed E-state index contributed by atoms with van der Waals surface area (Å²) in [6.07, 6.45) is 0.591. The van der Waals surface area contributed by atoms with Gasteiger partial charge in [0.1, 0.15) is 12.7 Å². The van der Waals surface area contributed by atoms with Crippen LogP contribution in [0.25, 0.3) is 0 Å². The van der Waals surface area contributed by atoms with E-state index in [0.29, 0.717) is 6.61 Å². The standard InChI is InChI=1S/C18H34O4/c1-15(2,3)12-18(9,16(4,5)6)14(19)20-10-13-11-21-17(7,8)22-13/h13H,10-12H2,1-9H3. The second kappa shape index (κ2) is 6.12. The van der Waals surface area contributed by atoms with E-state index in [-0.39, 0.29) is 29.5 Å². The third-order valence-corrected chi connectivity index (χ3v) is 4.46. The number of hydrogen-bond donors (Lipinski definition) is 0. The second-order valence-electron chi connectivity index (χ2n) is 9.37. The molecule has 0 N–H and O–H groups in total. The summed E-state index contributed by atoms with van der Waals surface area (Å²) in [4.78, 5) is 12.8. The van der Waals surface area contributed by atoms with E-state index < -0.39 is 11.2 Å². The Kier molecular flexibility index (Phi) is 5.41. The molecular formula is C18H34O4. The molecule has 4 heteroatoms. The van der Waals surface area contributed by atoms with Crippen molar-refractivity contribution in [3.63, 3.8) is 0 Å². The van der Waals surface area contributed by atoms with E-state index in [2.05, 4.69) is 41.5 Å². The van der Waals surface area contributed by atoms with Crippen molar-refractivity contribution in [2.24, 2.45) is 16.2 Å². The fraction of sp³-hybridized carbons (Fsp3) is 0.944. The van der Waals surface area contributed by atoms with Gasteiger partial charge < -0.3 is 14.2 Å². The fourth-order valence-corrected chi connectivity index (χ4v) is 2.88. The van der Waals surface area contributed by atoms with E-state index in [1.54, 1.807) is 0 Å². The van der Waals surface area contributed by atoms with Gasteiger partial charge in [0.25, 0.3) is 0 Å². The van der Waals surface area contributed by atoms with Gasteiger partial charge >= 0.3 is 5.97 Å². The Morgan fingerprint density at radius 2 is 1.68 bits per heavy atom. The second-order valence-corrected chi connectivity index (χ2v) is 9.37. The first kappa shape index (κ1) is 19.4. The zero-order chi connectivity index (χ0) is 17.4. The van der Waals surface area contributed by atoms with Crippen molar-refractivity contribution in [2.45, 2.75) is 80.6 Å². The topological polar surface area (TPSA) is 44.8 Å². The van der Waals surface area contributed by atoms with Crippen LogP contribution in [0.2, 0.25) is 0 Å². The molecule has 1 aliphatic rings. The summed E-state index contributed by atoms with van der Waals surface area (Å²) in [6, 6.07) is 0. The van der Waals surface area contributed by atoms with Crippen molar-refractivity contribution in [1.82, 2.24) is 0 Å². The molecule has 1 saturated heterocycles. The third kappa shape index (κ3) is 4.95. The predicted octanol–water partition coefficient (Wildman–Crippen LogP) is 4.17. The molecule has 0 aromatic heterocycles. The Morgan fingerprint density at radius 3 is 2.05 bits per heavy atom. The SMILES string of the molecule is CC(C)(C)CC(C)(C(=O)OCC1COC(C)(C)O1)C(C)(C)C. The molecule has 1 aliphatic heterocycles. The van der Waals surface area contributed by atoms with Crippen LogP contribution in [0.3, 0.4) is 0 Å². The summed E-state index contributed by atoms with van der Waals surface area (Å²) in [6.45, 7) is 19.2. The van der Waals surface area contributed by atoms with Crippen LogP contribution in [-0.2, 0) is 19.0 Å². The Bertz CT molecular complexity index is 400. The van der Waals surface area contributed by atoms with Crippen LogP contribution < -0.4 is 0 Å². The van der Waals surface area contributed by atoms with E-state index in [1.807, 2.05) is 20.8 Å². The molecule has 0 aliphatic carbocycles. The molecule has 4 nitrogen and oxygen atoms in total. The first-order valence-electron chi connectivity index (χ1n) is 8.15. The van der Waals surface area contributed by atoms with Crippen LogP contribution in [0.15, 0.2) is 0 Å². The largest absolute Gasteiger partial charge is 0.462 e. The quantitative estimate of drug-likeness (QED) is 0.731. The van der Waals surface area contributed by atoms with Crippen LogP contribution in [0.5, 0.6) is 0 Å². The molecule has 1 heterocycles. The van der Waals surface area contributed by atoms with Crippen LogP contribution in [0, 0.1) is 16.2 Å².